The lowest BCUT2D eigenvalue weighted by Crippen LogP contribution is -2.42. The lowest BCUT2D eigenvalue weighted by atomic mass is 9.86. The van der Waals surface area contributed by atoms with Gasteiger partial charge < -0.3 is 19.7 Å². The molecule has 10 heteroatoms. The van der Waals surface area contributed by atoms with E-state index >= 15 is 0 Å². The van der Waals surface area contributed by atoms with Crippen LogP contribution in [0.15, 0.2) is 24.7 Å². The number of aromatic nitrogens is 4. The number of methoxy groups -OCH3 is 2. The Balaban J connectivity index is 1.45. The molecule has 34 heavy (non-hydrogen) atoms. The molecule has 0 saturated heterocycles. The summed E-state index contributed by atoms with van der Waals surface area (Å²) in [4.78, 5) is 26.2. The molecule has 178 valence electrons. The van der Waals surface area contributed by atoms with Crippen molar-refractivity contribution in [2.75, 3.05) is 33.2 Å². The molecule has 0 saturated carbocycles. The summed E-state index contributed by atoms with van der Waals surface area (Å²) in [5.74, 6) is 1.60. The Hall–Kier alpha value is -3.24. The molecule has 2 atom stereocenters. The number of carbonyl (C=O) groups is 1. The van der Waals surface area contributed by atoms with Crippen LogP contribution in [0.4, 0.5) is 11.5 Å². The molecule has 5 rings (SSSR count). The molecule has 0 aliphatic heterocycles. The Morgan fingerprint density at radius 2 is 2.21 bits per heavy atom. The highest BCUT2D eigenvalue weighted by atomic mass is 32.1. The second kappa shape index (κ2) is 9.19. The van der Waals surface area contributed by atoms with E-state index < -0.39 is 0 Å². The van der Waals surface area contributed by atoms with Gasteiger partial charge in [0.1, 0.15) is 22.7 Å². The van der Waals surface area contributed by atoms with E-state index in [1.807, 2.05) is 31.0 Å². The summed E-state index contributed by atoms with van der Waals surface area (Å²) < 4.78 is 10.8. The van der Waals surface area contributed by atoms with E-state index in [1.54, 1.807) is 38.1 Å². The number of fused-ring (bicyclic) bond motifs is 4. The van der Waals surface area contributed by atoms with Gasteiger partial charge in [0.15, 0.2) is 0 Å². The highest BCUT2D eigenvalue weighted by Gasteiger charge is 2.32. The van der Waals surface area contributed by atoms with Crippen LogP contribution in [0.2, 0.25) is 0 Å². The van der Waals surface area contributed by atoms with Gasteiger partial charge in [0.2, 0.25) is 5.91 Å². The zero-order chi connectivity index (χ0) is 23.8. The summed E-state index contributed by atoms with van der Waals surface area (Å²) in [6, 6.07) is 3.96. The molecule has 0 spiro atoms. The average Bonchev–Trinajstić information content (AvgIpc) is 3.46. The molecule has 0 radical (unpaired) electrons. The normalized spacial score (nSPS) is 16.4. The largest absolute Gasteiger partial charge is 0.494 e. The van der Waals surface area contributed by atoms with Gasteiger partial charge in [0.25, 0.3) is 0 Å². The second-order valence-corrected chi connectivity index (χ2v) is 9.82. The second-order valence-electron chi connectivity index (χ2n) is 8.73. The van der Waals surface area contributed by atoms with Crippen LogP contribution in [0.25, 0.3) is 21.1 Å². The van der Waals surface area contributed by atoms with Gasteiger partial charge in [-0.05, 0) is 37.8 Å². The van der Waals surface area contributed by atoms with Crippen molar-refractivity contribution in [3.8, 4) is 5.75 Å². The maximum absolute atomic E-state index is 13.1. The Labute approximate surface area is 201 Å². The van der Waals surface area contributed by atoms with E-state index in [2.05, 4.69) is 25.5 Å². The molecule has 4 aromatic rings. The Bertz CT molecular complexity index is 1350. The maximum atomic E-state index is 13.1. The van der Waals surface area contributed by atoms with Crippen molar-refractivity contribution in [3.63, 3.8) is 0 Å². The number of aryl methyl sites for hydroxylation is 1. The van der Waals surface area contributed by atoms with Gasteiger partial charge in [0, 0.05) is 36.4 Å². The first-order chi connectivity index (χ1) is 16.5. The number of hydrogen-bond donors (Lipinski definition) is 2. The van der Waals surface area contributed by atoms with Crippen molar-refractivity contribution < 1.29 is 14.3 Å². The van der Waals surface area contributed by atoms with E-state index in [9.17, 15) is 4.79 Å². The van der Waals surface area contributed by atoms with Crippen LogP contribution in [-0.4, -0.2) is 64.9 Å². The Morgan fingerprint density at radius 1 is 1.35 bits per heavy atom. The standard InChI is InChI=1S/C24H28N6O3S/c1-13(11-32-3)30(2)24(31)14-5-6-16-20(8-14)34-23-21(16)22(25-12-26-23)28-18-7-15-10-27-29-17(15)9-19(18)33-4/h7,9-10,12-14H,5-6,8,11H2,1-4H3,(H,27,29)(H,25,26,28)/t13-,14-/m0/s1. The van der Waals surface area contributed by atoms with E-state index in [-0.39, 0.29) is 17.9 Å². The number of nitrogens with one attached hydrogen (secondary N) is 2. The molecular formula is C24H28N6O3S. The summed E-state index contributed by atoms with van der Waals surface area (Å²) in [6.07, 6.45) is 5.71. The number of nitrogens with zero attached hydrogens (tertiary/aromatic N) is 4. The molecule has 1 aliphatic rings. The zero-order valence-electron chi connectivity index (χ0n) is 19.7. The molecule has 1 amide bonds. The summed E-state index contributed by atoms with van der Waals surface area (Å²) in [5, 5.41) is 12.6. The summed E-state index contributed by atoms with van der Waals surface area (Å²) in [7, 11) is 5.17. The number of thiophene rings is 1. The Kier molecular flexibility index (Phi) is 6.09. The van der Waals surface area contributed by atoms with Gasteiger partial charge in [-0.1, -0.05) is 0 Å². The van der Waals surface area contributed by atoms with Crippen LogP contribution >= 0.6 is 11.3 Å². The summed E-state index contributed by atoms with van der Waals surface area (Å²) >= 11 is 1.66. The van der Waals surface area contributed by atoms with Crippen LogP contribution in [-0.2, 0) is 22.4 Å². The number of ether oxygens (including phenoxy) is 2. The third kappa shape index (κ3) is 3.97. The number of anilines is 2. The van der Waals surface area contributed by atoms with Crippen molar-refractivity contribution in [2.45, 2.75) is 32.2 Å². The first-order valence-electron chi connectivity index (χ1n) is 11.3. The smallest absolute Gasteiger partial charge is 0.226 e. The molecule has 1 aromatic carbocycles. The average molecular weight is 481 g/mol. The molecular weight excluding hydrogens is 452 g/mol. The minimum Gasteiger partial charge on any atom is -0.494 e. The van der Waals surface area contributed by atoms with Crippen molar-refractivity contribution in [2.24, 2.45) is 5.92 Å². The number of aromatic amines is 1. The quantitative estimate of drug-likeness (QED) is 0.413. The fourth-order valence-corrected chi connectivity index (χ4v) is 5.91. The summed E-state index contributed by atoms with van der Waals surface area (Å²) in [5.41, 5.74) is 2.96. The van der Waals surface area contributed by atoms with Crippen LogP contribution < -0.4 is 10.1 Å². The van der Waals surface area contributed by atoms with E-state index in [4.69, 9.17) is 9.47 Å². The third-order valence-corrected chi connectivity index (χ3v) is 7.79. The number of carbonyl (C=O) groups excluding carboxylic acids is 1. The third-order valence-electron chi connectivity index (χ3n) is 6.62. The lowest BCUT2D eigenvalue weighted by Gasteiger charge is -2.30. The predicted molar refractivity (Wildman–Crippen MR) is 133 cm³/mol. The number of amides is 1. The van der Waals surface area contributed by atoms with Crippen molar-refractivity contribution in [1.29, 1.82) is 0 Å². The van der Waals surface area contributed by atoms with Gasteiger partial charge >= 0.3 is 0 Å². The fraction of sp³-hybridized carbons (Fsp3) is 0.417. The number of H-pyrrole nitrogens is 1. The molecule has 0 fully saturated rings. The molecule has 1 aliphatic carbocycles. The molecule has 0 unspecified atom stereocenters. The fourth-order valence-electron chi connectivity index (χ4n) is 4.64. The first kappa shape index (κ1) is 22.5. The van der Waals surface area contributed by atoms with Crippen LogP contribution in [0.3, 0.4) is 0 Å². The first-order valence-corrected chi connectivity index (χ1v) is 12.1. The lowest BCUT2D eigenvalue weighted by molar-refractivity contribution is -0.137. The van der Waals surface area contributed by atoms with Gasteiger partial charge in [-0.25, -0.2) is 9.97 Å². The molecule has 2 N–H and O–H groups in total. The maximum Gasteiger partial charge on any atom is 0.226 e. The monoisotopic (exact) mass is 480 g/mol. The van der Waals surface area contributed by atoms with Crippen LogP contribution in [0, 0.1) is 5.92 Å². The van der Waals surface area contributed by atoms with Crippen molar-refractivity contribution >= 4 is 49.9 Å². The van der Waals surface area contributed by atoms with E-state index in [0.717, 1.165) is 51.9 Å². The minimum absolute atomic E-state index is 0.0298. The summed E-state index contributed by atoms with van der Waals surface area (Å²) in [6.45, 7) is 2.54. The molecule has 3 heterocycles. The van der Waals surface area contributed by atoms with Crippen LogP contribution in [0.5, 0.6) is 5.75 Å². The van der Waals surface area contributed by atoms with E-state index in [0.29, 0.717) is 12.4 Å². The highest BCUT2D eigenvalue weighted by Crippen LogP contribution is 2.42. The highest BCUT2D eigenvalue weighted by molar-refractivity contribution is 7.19. The van der Waals surface area contributed by atoms with Gasteiger partial charge in [-0.3, -0.25) is 9.89 Å². The van der Waals surface area contributed by atoms with Crippen LogP contribution in [0.1, 0.15) is 23.8 Å². The van der Waals surface area contributed by atoms with Gasteiger partial charge in [0.05, 0.1) is 42.5 Å². The predicted octanol–water partition coefficient (Wildman–Crippen LogP) is 3.92. The van der Waals surface area contributed by atoms with Gasteiger partial charge in [-0.2, -0.15) is 5.10 Å². The van der Waals surface area contributed by atoms with Crippen molar-refractivity contribution in [3.05, 3.63) is 35.1 Å². The molecule has 0 bridgehead atoms. The molecule has 3 aromatic heterocycles. The van der Waals surface area contributed by atoms with Crippen molar-refractivity contribution in [1.82, 2.24) is 25.1 Å². The molecule has 9 nitrogen and oxygen atoms in total. The number of hydrogen-bond acceptors (Lipinski definition) is 8. The number of rotatable bonds is 7. The number of likely N-dealkylation sites (N-methyl/N-ethyl adjacent to an activating group) is 1. The number of benzene rings is 1. The topological polar surface area (TPSA) is 105 Å². The Morgan fingerprint density at radius 3 is 3.00 bits per heavy atom. The SMILES string of the molecule is COC[C@H](C)N(C)C(=O)[C@H]1CCc2c(sc3ncnc(Nc4cc5cn[nH]c5cc4OC)c23)C1. The van der Waals surface area contributed by atoms with E-state index in [1.165, 1.54) is 10.4 Å². The minimum atomic E-state index is -0.0298. The van der Waals surface area contributed by atoms with Gasteiger partial charge in [-0.15, -0.1) is 11.3 Å². The zero-order valence-corrected chi connectivity index (χ0v) is 20.5.